The maximum atomic E-state index is 12.5. The number of ether oxygens (including phenoxy) is 2. The molecule has 0 spiro atoms. The van der Waals surface area contributed by atoms with Crippen molar-refractivity contribution in [1.29, 1.82) is 0 Å². The summed E-state index contributed by atoms with van der Waals surface area (Å²) in [7, 11) is -2.09. The van der Waals surface area contributed by atoms with Gasteiger partial charge in [-0.25, -0.2) is 0 Å². The minimum absolute atomic E-state index is 0.139. The van der Waals surface area contributed by atoms with E-state index in [1.54, 1.807) is 44.4 Å². The molecule has 0 bridgehead atoms. The van der Waals surface area contributed by atoms with E-state index in [9.17, 15) is 13.2 Å². The second-order valence-corrected chi connectivity index (χ2v) is 7.14. The quantitative estimate of drug-likeness (QED) is 0.616. The summed E-state index contributed by atoms with van der Waals surface area (Å²) in [6.45, 7) is 1.64. The van der Waals surface area contributed by atoms with Gasteiger partial charge in [0, 0.05) is 5.56 Å². The second kappa shape index (κ2) is 6.25. The smallest absolute Gasteiger partial charge is 0.306 e. The van der Waals surface area contributed by atoms with Crippen LogP contribution in [0.1, 0.15) is 21.5 Å². The van der Waals surface area contributed by atoms with Crippen molar-refractivity contribution in [1.82, 2.24) is 0 Å². The van der Waals surface area contributed by atoms with Gasteiger partial charge < -0.3 is 13.7 Å². The standard InChI is InChI=1S/C18H16O6S/c1-11-15(24-25(3,20)21)9-8-14-17(19)16(23-18(11)14)10-12-4-6-13(22-2)7-5-12/h4-10H,1-3H3. The summed E-state index contributed by atoms with van der Waals surface area (Å²) in [4.78, 5) is 12.5. The fraction of sp³-hybridized carbons (Fsp3) is 0.167. The SMILES string of the molecule is COc1ccc(C=C2Oc3c(ccc(OS(C)(=O)=O)c3C)C2=O)cc1. The van der Waals surface area contributed by atoms with E-state index in [2.05, 4.69) is 0 Å². The molecule has 2 aromatic carbocycles. The van der Waals surface area contributed by atoms with Gasteiger partial charge in [0.2, 0.25) is 5.78 Å². The van der Waals surface area contributed by atoms with Crippen LogP contribution in [0.2, 0.25) is 0 Å². The first kappa shape index (κ1) is 17.0. The van der Waals surface area contributed by atoms with E-state index >= 15 is 0 Å². The van der Waals surface area contributed by atoms with Crippen LogP contribution < -0.4 is 13.7 Å². The zero-order valence-corrected chi connectivity index (χ0v) is 14.7. The summed E-state index contributed by atoms with van der Waals surface area (Å²) >= 11 is 0. The van der Waals surface area contributed by atoms with Crippen molar-refractivity contribution in [3.8, 4) is 17.2 Å². The molecule has 25 heavy (non-hydrogen) atoms. The van der Waals surface area contributed by atoms with Crippen molar-refractivity contribution in [3.05, 3.63) is 58.8 Å². The number of benzene rings is 2. The molecule has 3 rings (SSSR count). The average Bonchev–Trinajstić information content (AvgIpc) is 2.87. The molecule has 0 saturated heterocycles. The van der Waals surface area contributed by atoms with Crippen LogP contribution in [0.5, 0.6) is 17.2 Å². The molecule has 0 fully saturated rings. The Balaban J connectivity index is 1.94. The number of Topliss-reactive ketones (excluding diaryl/α,β-unsaturated/α-hetero) is 1. The molecular formula is C18H16O6S. The van der Waals surface area contributed by atoms with Crippen LogP contribution in [-0.2, 0) is 10.1 Å². The molecule has 1 heterocycles. The number of allylic oxidation sites excluding steroid dienone is 1. The van der Waals surface area contributed by atoms with Crippen molar-refractivity contribution in [2.24, 2.45) is 0 Å². The Morgan fingerprint density at radius 1 is 1.08 bits per heavy atom. The third kappa shape index (κ3) is 3.51. The van der Waals surface area contributed by atoms with Crippen molar-refractivity contribution < 1.29 is 26.9 Å². The number of ketones is 1. The van der Waals surface area contributed by atoms with Crippen LogP contribution in [-0.4, -0.2) is 27.6 Å². The highest BCUT2D eigenvalue weighted by molar-refractivity contribution is 7.86. The summed E-state index contributed by atoms with van der Waals surface area (Å²) in [5.74, 6) is 1.06. The molecule has 0 radical (unpaired) electrons. The Morgan fingerprint density at radius 2 is 1.76 bits per heavy atom. The predicted octanol–water partition coefficient (Wildman–Crippen LogP) is 2.96. The normalized spacial score (nSPS) is 15.0. The summed E-state index contributed by atoms with van der Waals surface area (Å²) < 4.78 is 38.3. The highest BCUT2D eigenvalue weighted by atomic mass is 32.2. The molecule has 1 aliphatic heterocycles. The van der Waals surface area contributed by atoms with Crippen molar-refractivity contribution in [3.63, 3.8) is 0 Å². The van der Waals surface area contributed by atoms with Gasteiger partial charge in [0.25, 0.3) is 0 Å². The fourth-order valence-corrected chi connectivity index (χ4v) is 2.98. The molecule has 2 aromatic rings. The number of methoxy groups -OCH3 is 1. The minimum atomic E-state index is -3.67. The first-order chi connectivity index (χ1) is 11.8. The van der Waals surface area contributed by atoms with Crippen LogP contribution in [0.4, 0.5) is 0 Å². The topological polar surface area (TPSA) is 78.9 Å². The zero-order chi connectivity index (χ0) is 18.2. The molecule has 6 nitrogen and oxygen atoms in total. The summed E-state index contributed by atoms with van der Waals surface area (Å²) in [5.41, 5.74) is 1.61. The molecule has 7 heteroatoms. The first-order valence-electron chi connectivity index (χ1n) is 7.40. The lowest BCUT2D eigenvalue weighted by Gasteiger charge is -2.09. The average molecular weight is 360 g/mol. The van der Waals surface area contributed by atoms with E-state index < -0.39 is 10.1 Å². The third-order valence-corrected chi connectivity index (χ3v) is 4.17. The van der Waals surface area contributed by atoms with Gasteiger partial charge in [-0.1, -0.05) is 12.1 Å². The molecule has 0 aliphatic carbocycles. The number of fused-ring (bicyclic) bond motifs is 1. The van der Waals surface area contributed by atoms with Crippen molar-refractivity contribution in [2.75, 3.05) is 13.4 Å². The van der Waals surface area contributed by atoms with Gasteiger partial charge >= 0.3 is 10.1 Å². The van der Waals surface area contributed by atoms with Crippen LogP contribution in [0.15, 0.2) is 42.2 Å². The van der Waals surface area contributed by atoms with Gasteiger partial charge in [-0.3, -0.25) is 4.79 Å². The Hall–Kier alpha value is -2.80. The summed E-state index contributed by atoms with van der Waals surface area (Å²) in [5, 5.41) is 0. The molecule has 1 aliphatic rings. The number of hydrogen-bond acceptors (Lipinski definition) is 6. The lowest BCUT2D eigenvalue weighted by atomic mass is 10.1. The number of carbonyl (C=O) groups is 1. The second-order valence-electron chi connectivity index (χ2n) is 5.57. The summed E-state index contributed by atoms with van der Waals surface area (Å²) in [6.07, 6.45) is 2.58. The molecule has 0 amide bonds. The van der Waals surface area contributed by atoms with Crippen LogP contribution in [0.25, 0.3) is 6.08 Å². The largest absolute Gasteiger partial charge is 0.497 e. The first-order valence-corrected chi connectivity index (χ1v) is 9.21. The number of rotatable bonds is 4. The molecule has 0 atom stereocenters. The van der Waals surface area contributed by atoms with Crippen molar-refractivity contribution >= 4 is 22.0 Å². The van der Waals surface area contributed by atoms with E-state index in [1.807, 2.05) is 0 Å². The molecule has 130 valence electrons. The number of hydrogen-bond donors (Lipinski definition) is 0. The molecule has 0 saturated carbocycles. The Labute approximate surface area is 145 Å². The van der Waals surface area contributed by atoms with Gasteiger partial charge in [0.1, 0.15) is 17.2 Å². The van der Waals surface area contributed by atoms with Crippen LogP contribution in [0.3, 0.4) is 0 Å². The molecular weight excluding hydrogens is 344 g/mol. The monoisotopic (exact) mass is 360 g/mol. The van der Waals surface area contributed by atoms with Crippen LogP contribution >= 0.6 is 0 Å². The van der Waals surface area contributed by atoms with E-state index in [0.717, 1.165) is 11.8 Å². The zero-order valence-electron chi connectivity index (χ0n) is 13.9. The lowest BCUT2D eigenvalue weighted by molar-refractivity contribution is 0.101. The highest BCUT2D eigenvalue weighted by Crippen LogP contribution is 2.39. The third-order valence-electron chi connectivity index (χ3n) is 3.69. The fourth-order valence-electron chi connectivity index (χ4n) is 2.47. The predicted molar refractivity (Wildman–Crippen MR) is 92.6 cm³/mol. The lowest BCUT2D eigenvalue weighted by Crippen LogP contribution is -2.07. The molecule has 0 unspecified atom stereocenters. The van der Waals surface area contributed by atoms with Crippen LogP contribution in [0, 0.1) is 6.92 Å². The Bertz CT molecular complexity index is 971. The Kier molecular flexibility index (Phi) is 4.26. The maximum absolute atomic E-state index is 12.5. The van der Waals surface area contributed by atoms with E-state index in [0.29, 0.717) is 22.6 Å². The van der Waals surface area contributed by atoms with Gasteiger partial charge in [-0.05, 0) is 42.8 Å². The van der Waals surface area contributed by atoms with E-state index in [1.165, 1.54) is 12.1 Å². The number of carbonyl (C=O) groups excluding carboxylic acids is 1. The van der Waals surface area contributed by atoms with Crippen molar-refractivity contribution in [2.45, 2.75) is 6.92 Å². The summed E-state index contributed by atoms with van der Waals surface area (Å²) in [6, 6.07) is 10.1. The van der Waals surface area contributed by atoms with E-state index in [-0.39, 0.29) is 17.3 Å². The minimum Gasteiger partial charge on any atom is -0.497 e. The van der Waals surface area contributed by atoms with Gasteiger partial charge in [-0.2, -0.15) is 8.42 Å². The van der Waals surface area contributed by atoms with E-state index in [4.69, 9.17) is 13.7 Å². The maximum Gasteiger partial charge on any atom is 0.306 e. The molecule has 0 N–H and O–H groups in total. The van der Waals surface area contributed by atoms with Gasteiger partial charge in [0.05, 0.1) is 18.9 Å². The highest BCUT2D eigenvalue weighted by Gasteiger charge is 2.30. The Morgan fingerprint density at radius 3 is 2.36 bits per heavy atom. The molecule has 0 aromatic heterocycles. The van der Waals surface area contributed by atoms with Gasteiger partial charge in [-0.15, -0.1) is 0 Å². The van der Waals surface area contributed by atoms with Gasteiger partial charge in [0.15, 0.2) is 5.76 Å².